The van der Waals surface area contributed by atoms with Crippen LogP contribution in [0.4, 0.5) is 0 Å². The summed E-state index contributed by atoms with van der Waals surface area (Å²) in [5.41, 5.74) is 16.7. The van der Waals surface area contributed by atoms with E-state index in [-0.39, 0.29) is 21.7 Å². The van der Waals surface area contributed by atoms with E-state index in [1.54, 1.807) is 0 Å². The minimum atomic E-state index is -0.180. The van der Waals surface area contributed by atoms with Crippen molar-refractivity contribution < 1.29 is 18.9 Å². The smallest absolute Gasteiger partial charge is 0.127 e. The second kappa shape index (κ2) is 31.8. The van der Waals surface area contributed by atoms with Gasteiger partial charge in [-0.2, -0.15) is 0 Å². The first kappa shape index (κ1) is 79.1. The number of nitrogens with one attached hydrogen (secondary N) is 2. The number of benzene rings is 12. The van der Waals surface area contributed by atoms with Gasteiger partial charge in [0.25, 0.3) is 0 Å². The van der Waals surface area contributed by atoms with E-state index in [4.69, 9.17) is 28.9 Å². The average molecular weight is 1540 g/mol. The first-order chi connectivity index (χ1) is 55.9. The second-order valence-electron chi connectivity index (χ2n) is 39.0. The van der Waals surface area contributed by atoms with E-state index in [1.165, 1.54) is 168 Å². The van der Waals surface area contributed by atoms with Crippen molar-refractivity contribution in [3.8, 4) is 45.3 Å². The monoisotopic (exact) mass is 1540 g/mol. The van der Waals surface area contributed by atoms with Gasteiger partial charge in [0.2, 0.25) is 0 Å². The van der Waals surface area contributed by atoms with Gasteiger partial charge < -0.3 is 28.9 Å². The molecule has 0 aliphatic heterocycles. The minimum Gasteiger partial charge on any atom is -0.493 e. The van der Waals surface area contributed by atoms with Gasteiger partial charge in [-0.1, -0.05) is 276 Å². The zero-order valence-electron chi connectivity index (χ0n) is 72.9. The maximum Gasteiger partial charge on any atom is 0.127 e. The third-order valence-corrected chi connectivity index (χ3v) is 26.2. The first-order valence-corrected chi connectivity index (χ1v) is 45.3. The fourth-order valence-corrected chi connectivity index (χ4v) is 19.5. The van der Waals surface area contributed by atoms with E-state index in [0.29, 0.717) is 26.4 Å². The van der Waals surface area contributed by atoms with Gasteiger partial charge in [-0.3, -0.25) is 0 Å². The standard InChI is InChI=1S/C108H126N4O4/c1-17-21-25-29-33-37-49-113-87-45-41-71-75-61-83-91(65-53-67(105(5,6)7)57-68(54-65)106(8,9)10)85-63-77-73-43-47-89(115-51-39-35-31-27-23-19-3)81-60-82-90(116-52-40-36-32-28-24-20-4)48-44-74-78-64-86(112-104(78)100(103(77)111-85)98(95(73)81)96(74)82)92(66-55-69(107(11,12)13)58-70(56-66)108(14,15)16)84-62-76-72-42-46-88(114-50-38-34-30-26-22-18-2)80-59-79(87)93(71)97(94(72)80)99(101(75)109-83)102(76)110-84/h41-48,53-64,109,112H,17-40,49-52H2,1-16H3. The Labute approximate surface area is 688 Å². The van der Waals surface area contributed by atoms with Crippen molar-refractivity contribution in [3.63, 3.8) is 0 Å². The van der Waals surface area contributed by atoms with Crippen LogP contribution in [0.15, 0.2) is 121 Å². The quantitative estimate of drug-likeness (QED) is 0.0237. The summed E-state index contributed by atoms with van der Waals surface area (Å²) in [6, 6.07) is 48.3. The van der Waals surface area contributed by atoms with Gasteiger partial charge in [-0.05, 0) is 187 Å². The van der Waals surface area contributed by atoms with Crippen LogP contribution in [0.5, 0.6) is 23.0 Å². The summed E-state index contributed by atoms with van der Waals surface area (Å²) in [6.45, 7) is 40.2. The molecular weight excluding hydrogens is 1420 g/mol. The highest BCUT2D eigenvalue weighted by atomic mass is 16.5. The van der Waals surface area contributed by atoms with E-state index < -0.39 is 0 Å². The molecule has 0 saturated heterocycles. The Hall–Kier alpha value is -9.40. The van der Waals surface area contributed by atoms with Crippen LogP contribution in [-0.4, -0.2) is 46.4 Å². The van der Waals surface area contributed by atoms with Crippen LogP contribution in [0, 0.1) is 0 Å². The molecule has 0 radical (unpaired) electrons. The van der Waals surface area contributed by atoms with Crippen molar-refractivity contribution in [2.24, 2.45) is 0 Å². The average Bonchev–Trinajstić information content (AvgIpc) is 1.44. The lowest BCUT2D eigenvalue weighted by atomic mass is 9.79. The predicted octanol–water partition coefficient (Wildman–Crippen LogP) is 32.5. The van der Waals surface area contributed by atoms with Crippen molar-refractivity contribution in [1.82, 2.24) is 19.9 Å². The van der Waals surface area contributed by atoms with E-state index in [9.17, 15) is 0 Å². The molecule has 8 heteroatoms. The Morgan fingerprint density at radius 3 is 0.793 bits per heavy atom. The number of hydrogen-bond acceptors (Lipinski definition) is 6. The molecule has 5 aromatic heterocycles. The minimum absolute atomic E-state index is 0.180. The molecule has 0 aliphatic carbocycles. The van der Waals surface area contributed by atoms with Gasteiger partial charge in [-0.25, -0.2) is 9.97 Å². The summed E-state index contributed by atoms with van der Waals surface area (Å²) in [7, 11) is 0. The molecule has 0 unspecified atom stereocenters. The maximum atomic E-state index is 7.20. The molecule has 116 heavy (non-hydrogen) atoms. The molecule has 8 nitrogen and oxygen atoms in total. The first-order valence-electron chi connectivity index (χ1n) is 45.3. The van der Waals surface area contributed by atoms with Crippen molar-refractivity contribution in [3.05, 3.63) is 144 Å². The predicted molar refractivity (Wildman–Crippen MR) is 502 cm³/mol. The number of nitrogens with zero attached hydrogens (tertiary/aromatic N) is 2. The molecule has 0 aliphatic rings. The SMILES string of the molecule is CCCCCCCCOc1ccc2c3cc4nc3c3c5[nH]c(cc5c5ccc(OCCCCCCCC)c6cc1c2c3c65)c(-c1cc(C(C)(C)C)cc(C(C)(C)C)c1)c1cc2c3ccc(OCCCCCCCC)c5cc6c(OCCCCCCCC)ccc7c8cc([nH]c8c(c2n1)c(c53)c67)c4-c1cc(C(C)(C)C)cc(C(C)(C)C)c1. The zero-order chi connectivity index (χ0) is 80.7. The van der Waals surface area contributed by atoms with Crippen LogP contribution in [0.2, 0.25) is 0 Å². The van der Waals surface area contributed by atoms with Crippen molar-refractivity contribution in [2.45, 2.75) is 287 Å². The van der Waals surface area contributed by atoms with Crippen LogP contribution in [-0.2, 0) is 21.7 Å². The lowest BCUT2D eigenvalue weighted by molar-refractivity contribution is 0.307. The second-order valence-corrected chi connectivity index (χ2v) is 39.0. The number of ether oxygens (including phenoxy) is 4. The van der Waals surface area contributed by atoms with E-state index >= 15 is 0 Å². The Balaban J connectivity index is 1.06. The summed E-state index contributed by atoms with van der Waals surface area (Å²) < 4.78 is 28.8. The highest BCUT2D eigenvalue weighted by Crippen LogP contribution is 2.56. The largest absolute Gasteiger partial charge is 0.493 e. The third kappa shape index (κ3) is 14.5. The molecule has 602 valence electrons. The fourth-order valence-electron chi connectivity index (χ4n) is 19.5. The lowest BCUT2D eigenvalue weighted by Crippen LogP contribution is -2.16. The lowest BCUT2D eigenvalue weighted by Gasteiger charge is -2.26. The van der Waals surface area contributed by atoms with Gasteiger partial charge >= 0.3 is 0 Å². The van der Waals surface area contributed by atoms with Crippen molar-refractivity contribution in [2.75, 3.05) is 26.4 Å². The number of unbranched alkanes of at least 4 members (excludes halogenated alkanes) is 20. The van der Waals surface area contributed by atoms with Crippen LogP contribution in [0.3, 0.4) is 0 Å². The van der Waals surface area contributed by atoms with Gasteiger partial charge in [-0.15, -0.1) is 0 Å². The Morgan fingerprint density at radius 2 is 0.517 bits per heavy atom. The number of rotatable bonds is 34. The van der Waals surface area contributed by atoms with Crippen molar-refractivity contribution >= 4 is 152 Å². The van der Waals surface area contributed by atoms with Gasteiger partial charge in [0, 0.05) is 108 Å². The summed E-state index contributed by atoms with van der Waals surface area (Å²) >= 11 is 0. The third-order valence-electron chi connectivity index (χ3n) is 26.2. The molecular formula is C108H126N4O4. The van der Waals surface area contributed by atoms with Gasteiger partial charge in [0.1, 0.15) is 23.0 Å². The normalized spacial score (nSPS) is 13.1. The molecule has 0 amide bonds. The molecule has 8 bridgehead atoms. The Kier molecular flexibility index (Phi) is 21.7. The van der Waals surface area contributed by atoms with E-state index in [2.05, 4.69) is 242 Å². The molecule has 2 N–H and O–H groups in total. The number of H-pyrrole nitrogens is 2. The van der Waals surface area contributed by atoms with Gasteiger partial charge in [0.05, 0.1) is 59.5 Å². The van der Waals surface area contributed by atoms with E-state index in [1.807, 2.05) is 0 Å². The highest BCUT2D eigenvalue weighted by molar-refractivity contribution is 6.47. The van der Waals surface area contributed by atoms with Crippen LogP contribution in [0.1, 0.15) is 287 Å². The summed E-state index contributed by atoms with van der Waals surface area (Å²) in [6.07, 6.45) is 28.5. The molecule has 0 spiro atoms. The number of aromatic amines is 2. The summed E-state index contributed by atoms with van der Waals surface area (Å²) in [5, 5.41) is 23.0. The fraction of sp³-hybridized carbons (Fsp3) is 0.444. The number of hydrogen-bond donors (Lipinski definition) is 2. The Bertz CT molecular complexity index is 5700. The van der Waals surface area contributed by atoms with Crippen LogP contribution < -0.4 is 18.9 Å². The topological polar surface area (TPSA) is 94.3 Å². The van der Waals surface area contributed by atoms with E-state index in [0.717, 1.165) is 205 Å². The molecule has 0 fully saturated rings. The number of fused-ring (bicyclic) bond motifs is 8. The maximum absolute atomic E-state index is 7.20. The molecule has 5 heterocycles. The number of aromatic nitrogens is 4. The molecule has 17 rings (SSSR count). The van der Waals surface area contributed by atoms with Gasteiger partial charge in [0.15, 0.2) is 0 Å². The Morgan fingerprint density at radius 1 is 0.250 bits per heavy atom. The molecule has 17 aromatic rings. The van der Waals surface area contributed by atoms with Crippen LogP contribution in [0.25, 0.3) is 174 Å². The summed E-state index contributed by atoms with van der Waals surface area (Å²) in [5.74, 6) is 3.64. The summed E-state index contributed by atoms with van der Waals surface area (Å²) in [4.78, 5) is 21.6. The molecule has 12 aromatic carbocycles. The zero-order valence-corrected chi connectivity index (χ0v) is 72.9. The molecule has 0 atom stereocenters. The molecule has 0 saturated carbocycles. The van der Waals surface area contributed by atoms with Crippen molar-refractivity contribution in [1.29, 1.82) is 0 Å². The van der Waals surface area contributed by atoms with Crippen LogP contribution >= 0.6 is 0 Å². The highest BCUT2D eigenvalue weighted by Gasteiger charge is 2.32.